The number of benzene rings is 1. The maximum Gasteiger partial charge on any atom is 0.255 e. The summed E-state index contributed by atoms with van der Waals surface area (Å²) in [5.41, 5.74) is 2.47. The van der Waals surface area contributed by atoms with Gasteiger partial charge in [-0.25, -0.2) is 0 Å². The number of thiophene rings is 1. The molecule has 0 saturated heterocycles. The molecule has 0 radical (unpaired) electrons. The molecule has 0 saturated carbocycles. The molecule has 3 rings (SSSR count). The average molecular weight is 283 g/mol. The third kappa shape index (κ3) is 2.51. The van der Waals surface area contributed by atoms with E-state index in [4.69, 9.17) is 4.74 Å². The molecular formula is C16H13NO2S. The summed E-state index contributed by atoms with van der Waals surface area (Å²) in [5.74, 6) is 0.734. The van der Waals surface area contributed by atoms with E-state index in [0.717, 1.165) is 21.9 Å². The van der Waals surface area contributed by atoms with Crippen LogP contribution in [0.15, 0.2) is 53.4 Å². The smallest absolute Gasteiger partial charge is 0.255 e. The van der Waals surface area contributed by atoms with Crippen molar-refractivity contribution in [2.45, 2.75) is 0 Å². The Hall–Kier alpha value is -2.33. The lowest BCUT2D eigenvalue weighted by Crippen LogP contribution is -2.15. The third-order valence-electron chi connectivity index (χ3n) is 3.05. The number of hydrogen-bond donors (Lipinski definition) is 1. The van der Waals surface area contributed by atoms with Gasteiger partial charge in [0.25, 0.3) is 5.91 Å². The Morgan fingerprint density at radius 1 is 1.20 bits per heavy atom. The molecule has 4 heteroatoms. The lowest BCUT2D eigenvalue weighted by atomic mass is 10.1. The molecule has 2 aromatic rings. The predicted molar refractivity (Wildman–Crippen MR) is 81.4 cm³/mol. The van der Waals surface area contributed by atoms with Crippen LogP contribution in [0.3, 0.4) is 0 Å². The van der Waals surface area contributed by atoms with Crippen LogP contribution in [0, 0.1) is 0 Å². The van der Waals surface area contributed by atoms with E-state index in [1.54, 1.807) is 18.4 Å². The number of amides is 1. The lowest BCUT2D eigenvalue weighted by Gasteiger charge is -2.04. The van der Waals surface area contributed by atoms with Gasteiger partial charge in [-0.2, -0.15) is 0 Å². The molecule has 100 valence electrons. The topological polar surface area (TPSA) is 38.3 Å². The fourth-order valence-electron chi connectivity index (χ4n) is 2.01. The highest BCUT2D eigenvalue weighted by Gasteiger charge is 2.19. The van der Waals surface area contributed by atoms with Gasteiger partial charge in [0.15, 0.2) is 0 Å². The maximum atomic E-state index is 12.0. The Balaban J connectivity index is 1.89. The molecule has 1 amide bonds. The van der Waals surface area contributed by atoms with Gasteiger partial charge in [-0.3, -0.25) is 4.79 Å². The molecule has 0 aliphatic carbocycles. The molecule has 1 aromatic carbocycles. The van der Waals surface area contributed by atoms with Gasteiger partial charge in [-0.1, -0.05) is 6.07 Å². The monoisotopic (exact) mass is 283 g/mol. The maximum absolute atomic E-state index is 12.0. The predicted octanol–water partition coefficient (Wildman–Crippen LogP) is 3.31. The van der Waals surface area contributed by atoms with Crippen molar-refractivity contribution in [3.05, 3.63) is 63.9 Å². The number of carbonyl (C=O) groups excluding carboxylic acids is 1. The van der Waals surface area contributed by atoms with Crippen LogP contribution in [-0.4, -0.2) is 13.0 Å². The zero-order valence-electron chi connectivity index (χ0n) is 10.9. The Morgan fingerprint density at radius 3 is 2.65 bits per heavy atom. The van der Waals surface area contributed by atoms with Gasteiger partial charge in [0, 0.05) is 16.1 Å². The molecule has 2 heterocycles. The highest BCUT2D eigenvalue weighted by molar-refractivity contribution is 7.10. The fourth-order valence-corrected chi connectivity index (χ4v) is 2.68. The van der Waals surface area contributed by atoms with Gasteiger partial charge in [0.2, 0.25) is 0 Å². The van der Waals surface area contributed by atoms with E-state index in [2.05, 4.69) is 5.32 Å². The summed E-state index contributed by atoms with van der Waals surface area (Å²) in [6, 6.07) is 11.6. The summed E-state index contributed by atoms with van der Waals surface area (Å²) in [6.45, 7) is 0. The van der Waals surface area contributed by atoms with Crippen molar-refractivity contribution in [3.63, 3.8) is 0 Å². The van der Waals surface area contributed by atoms with Crippen LogP contribution < -0.4 is 10.1 Å². The van der Waals surface area contributed by atoms with E-state index in [-0.39, 0.29) is 5.91 Å². The second-order valence-corrected chi connectivity index (χ2v) is 5.34. The van der Waals surface area contributed by atoms with Gasteiger partial charge in [-0.05, 0) is 53.4 Å². The van der Waals surface area contributed by atoms with Gasteiger partial charge in [0.1, 0.15) is 5.75 Å². The Labute approximate surface area is 121 Å². The Kier molecular flexibility index (Phi) is 3.39. The molecule has 0 spiro atoms. The number of rotatable bonds is 3. The molecule has 0 atom stereocenters. The highest BCUT2D eigenvalue weighted by atomic mass is 32.1. The molecule has 20 heavy (non-hydrogen) atoms. The summed E-state index contributed by atoms with van der Waals surface area (Å²) in [5, 5.41) is 4.88. The lowest BCUT2D eigenvalue weighted by molar-refractivity contribution is -0.115. The van der Waals surface area contributed by atoms with Crippen LogP contribution in [0.1, 0.15) is 10.4 Å². The van der Waals surface area contributed by atoms with Gasteiger partial charge >= 0.3 is 0 Å². The molecule has 1 aliphatic rings. The molecule has 3 nitrogen and oxygen atoms in total. The van der Waals surface area contributed by atoms with E-state index in [9.17, 15) is 4.79 Å². The largest absolute Gasteiger partial charge is 0.497 e. The molecule has 1 N–H and O–H groups in total. The Bertz CT molecular complexity index is 682. The van der Waals surface area contributed by atoms with Gasteiger partial charge < -0.3 is 10.1 Å². The number of ether oxygens (including phenoxy) is 1. The van der Waals surface area contributed by atoms with Gasteiger partial charge in [0.05, 0.1) is 7.11 Å². The first-order valence-electron chi connectivity index (χ1n) is 6.19. The number of carbonyl (C=O) groups is 1. The van der Waals surface area contributed by atoms with Crippen molar-refractivity contribution in [3.8, 4) is 5.75 Å². The normalized spacial score (nSPS) is 16.1. The van der Waals surface area contributed by atoms with Crippen molar-refractivity contribution in [2.24, 2.45) is 0 Å². The zero-order valence-corrected chi connectivity index (χ0v) is 11.7. The van der Waals surface area contributed by atoms with E-state index >= 15 is 0 Å². The summed E-state index contributed by atoms with van der Waals surface area (Å²) in [6.07, 6.45) is 3.78. The molecule has 1 aromatic heterocycles. The van der Waals surface area contributed by atoms with Crippen LogP contribution in [-0.2, 0) is 4.79 Å². The first-order chi connectivity index (χ1) is 9.76. The van der Waals surface area contributed by atoms with Crippen molar-refractivity contribution in [2.75, 3.05) is 7.11 Å². The third-order valence-corrected chi connectivity index (χ3v) is 3.87. The van der Waals surface area contributed by atoms with E-state index in [0.29, 0.717) is 5.57 Å². The van der Waals surface area contributed by atoms with E-state index in [1.165, 1.54) is 0 Å². The van der Waals surface area contributed by atoms with Crippen LogP contribution >= 0.6 is 11.3 Å². The quantitative estimate of drug-likeness (QED) is 0.878. The van der Waals surface area contributed by atoms with Crippen molar-refractivity contribution in [1.82, 2.24) is 5.32 Å². The van der Waals surface area contributed by atoms with Crippen LogP contribution in [0.2, 0.25) is 0 Å². The standard InChI is InChI=1S/C16H13NO2S/c1-19-13-6-4-11(5-7-13)15-10-12(16(18)17-15)9-14-3-2-8-20-14/h2-10H,1H3,(H,17,18). The summed E-state index contributed by atoms with van der Waals surface area (Å²) < 4.78 is 5.13. The highest BCUT2D eigenvalue weighted by Crippen LogP contribution is 2.24. The average Bonchev–Trinajstić information content (AvgIpc) is 3.10. The SMILES string of the molecule is COc1ccc(C2=CC(=Cc3cccs3)C(=O)N2)cc1. The van der Waals surface area contributed by atoms with E-state index in [1.807, 2.05) is 53.9 Å². The summed E-state index contributed by atoms with van der Waals surface area (Å²) in [4.78, 5) is 13.0. The van der Waals surface area contributed by atoms with Crippen LogP contribution in [0.4, 0.5) is 0 Å². The number of nitrogens with one attached hydrogen (secondary N) is 1. The van der Waals surface area contributed by atoms with E-state index < -0.39 is 0 Å². The first kappa shape index (κ1) is 12.7. The zero-order chi connectivity index (χ0) is 13.9. The van der Waals surface area contributed by atoms with Crippen molar-refractivity contribution in [1.29, 1.82) is 0 Å². The summed E-state index contributed by atoms with van der Waals surface area (Å²) >= 11 is 1.61. The Morgan fingerprint density at radius 2 is 2.00 bits per heavy atom. The minimum Gasteiger partial charge on any atom is -0.497 e. The second-order valence-electron chi connectivity index (χ2n) is 4.36. The number of hydrogen-bond acceptors (Lipinski definition) is 3. The molecular weight excluding hydrogens is 270 g/mol. The minimum absolute atomic E-state index is 0.0655. The first-order valence-corrected chi connectivity index (χ1v) is 7.07. The van der Waals surface area contributed by atoms with Crippen LogP contribution in [0.5, 0.6) is 5.75 Å². The number of methoxy groups -OCH3 is 1. The summed E-state index contributed by atoms with van der Waals surface area (Å²) in [7, 11) is 1.63. The van der Waals surface area contributed by atoms with Crippen LogP contribution in [0.25, 0.3) is 11.8 Å². The molecule has 0 unspecified atom stereocenters. The van der Waals surface area contributed by atoms with Crippen molar-refractivity contribution < 1.29 is 9.53 Å². The fraction of sp³-hybridized carbons (Fsp3) is 0.0625. The van der Waals surface area contributed by atoms with Gasteiger partial charge in [-0.15, -0.1) is 11.3 Å². The minimum atomic E-state index is -0.0655. The second kappa shape index (κ2) is 5.35. The molecule has 0 bridgehead atoms. The van der Waals surface area contributed by atoms with Crippen molar-refractivity contribution >= 4 is 29.0 Å². The molecule has 0 fully saturated rings. The molecule has 1 aliphatic heterocycles.